The lowest BCUT2D eigenvalue weighted by molar-refractivity contribution is 0.0254. The molecule has 1 spiro atoms. The molecular formula is C19H21N3O2S. The van der Waals surface area contributed by atoms with Crippen LogP contribution < -0.4 is 0 Å². The Kier molecular flexibility index (Phi) is 4.48. The average Bonchev–Trinajstić information content (AvgIpc) is 3.04. The molecule has 2 aromatic heterocycles. The highest BCUT2D eigenvalue weighted by Crippen LogP contribution is 2.46. The number of hydrogen-bond donors (Lipinski definition) is 0. The van der Waals surface area contributed by atoms with Gasteiger partial charge in [-0.3, -0.25) is 14.8 Å². The average molecular weight is 355 g/mol. The van der Waals surface area contributed by atoms with E-state index < -0.39 is 0 Å². The van der Waals surface area contributed by atoms with Gasteiger partial charge in [-0.15, -0.1) is 11.8 Å². The maximum absolute atomic E-state index is 12.5. The van der Waals surface area contributed by atoms with Crippen molar-refractivity contribution in [2.24, 2.45) is 0 Å². The maximum atomic E-state index is 12.5. The number of amides is 1. The number of aromatic nitrogens is 2. The zero-order valence-corrected chi connectivity index (χ0v) is 15.0. The van der Waals surface area contributed by atoms with E-state index in [0.29, 0.717) is 12.2 Å². The molecule has 130 valence electrons. The van der Waals surface area contributed by atoms with Gasteiger partial charge in [-0.1, -0.05) is 6.07 Å². The van der Waals surface area contributed by atoms with Gasteiger partial charge in [-0.05, 0) is 36.6 Å². The van der Waals surface area contributed by atoms with E-state index in [-0.39, 0.29) is 16.8 Å². The minimum absolute atomic E-state index is 0.0853. The molecule has 1 amide bonds. The molecule has 25 heavy (non-hydrogen) atoms. The lowest BCUT2D eigenvalue weighted by Gasteiger charge is -2.47. The molecule has 6 heteroatoms. The van der Waals surface area contributed by atoms with Crippen LogP contribution in [0.2, 0.25) is 0 Å². The summed E-state index contributed by atoms with van der Waals surface area (Å²) < 4.78 is 6.22. The van der Waals surface area contributed by atoms with E-state index in [4.69, 9.17) is 4.74 Å². The molecule has 4 heterocycles. The molecule has 1 atom stereocenters. The number of carbonyl (C=O) groups is 1. The Bertz CT molecular complexity index is 762. The van der Waals surface area contributed by atoms with E-state index in [9.17, 15) is 4.79 Å². The quantitative estimate of drug-likeness (QED) is 0.844. The van der Waals surface area contributed by atoms with Crippen LogP contribution in [0, 0.1) is 6.92 Å². The van der Waals surface area contributed by atoms with Crippen molar-refractivity contribution in [1.29, 1.82) is 0 Å². The summed E-state index contributed by atoms with van der Waals surface area (Å²) in [5.41, 5.74) is 2.80. The summed E-state index contributed by atoms with van der Waals surface area (Å²) in [5.74, 6) is 1.08. The molecule has 2 aliphatic heterocycles. The maximum Gasteiger partial charge on any atom is 0.255 e. The van der Waals surface area contributed by atoms with Gasteiger partial charge in [-0.2, -0.15) is 0 Å². The number of carbonyl (C=O) groups excluding carboxylic acids is 1. The molecule has 0 unspecified atom stereocenters. The van der Waals surface area contributed by atoms with Crippen molar-refractivity contribution >= 4 is 17.7 Å². The summed E-state index contributed by atoms with van der Waals surface area (Å²) in [4.78, 5) is 22.7. The molecule has 0 N–H and O–H groups in total. The van der Waals surface area contributed by atoms with Crippen LogP contribution in [0.5, 0.6) is 0 Å². The zero-order valence-electron chi connectivity index (χ0n) is 14.2. The molecule has 2 fully saturated rings. The molecule has 0 aliphatic carbocycles. The van der Waals surface area contributed by atoms with E-state index >= 15 is 0 Å². The van der Waals surface area contributed by atoms with Crippen LogP contribution in [0.3, 0.4) is 0 Å². The largest absolute Gasteiger partial charge is 0.373 e. The Morgan fingerprint density at radius 3 is 3.00 bits per heavy atom. The number of thioether (sulfide) groups is 1. The van der Waals surface area contributed by atoms with Crippen molar-refractivity contribution in [2.75, 3.05) is 18.8 Å². The zero-order chi connectivity index (χ0) is 17.3. The first kappa shape index (κ1) is 16.5. The van der Waals surface area contributed by atoms with Crippen molar-refractivity contribution in [1.82, 2.24) is 14.9 Å². The van der Waals surface area contributed by atoms with Crippen LogP contribution in [0.15, 0.2) is 43.0 Å². The van der Waals surface area contributed by atoms with Gasteiger partial charge in [0.15, 0.2) is 0 Å². The third-order valence-corrected chi connectivity index (χ3v) is 6.33. The van der Waals surface area contributed by atoms with Crippen LogP contribution in [-0.4, -0.2) is 50.5 Å². The fourth-order valence-electron chi connectivity index (χ4n) is 3.47. The molecule has 5 nitrogen and oxygen atoms in total. The summed E-state index contributed by atoms with van der Waals surface area (Å²) in [6.45, 7) is 4.17. The summed E-state index contributed by atoms with van der Waals surface area (Å²) >= 11 is 1.94. The molecule has 0 saturated carbocycles. The predicted molar refractivity (Wildman–Crippen MR) is 97.5 cm³/mol. The van der Waals surface area contributed by atoms with E-state index in [0.717, 1.165) is 36.4 Å². The van der Waals surface area contributed by atoms with E-state index in [1.807, 2.05) is 48.0 Å². The molecule has 0 aromatic carbocycles. The second kappa shape index (κ2) is 6.77. The van der Waals surface area contributed by atoms with Crippen LogP contribution in [-0.2, 0) is 11.3 Å². The number of aryl methyl sites for hydroxylation is 1. The highest BCUT2D eigenvalue weighted by molar-refractivity contribution is 8.01. The van der Waals surface area contributed by atoms with Crippen LogP contribution in [0.1, 0.15) is 27.9 Å². The minimum Gasteiger partial charge on any atom is -0.373 e. The van der Waals surface area contributed by atoms with Crippen molar-refractivity contribution < 1.29 is 9.53 Å². The van der Waals surface area contributed by atoms with Crippen molar-refractivity contribution in [3.63, 3.8) is 0 Å². The fraction of sp³-hybridized carbons (Fsp3) is 0.421. The molecule has 2 aromatic rings. The highest BCUT2D eigenvalue weighted by Gasteiger charge is 2.51. The molecule has 4 rings (SSSR count). The third-order valence-electron chi connectivity index (χ3n) is 4.75. The molecular weight excluding hydrogens is 334 g/mol. The Labute approximate surface area is 151 Å². The molecule has 0 radical (unpaired) electrons. The van der Waals surface area contributed by atoms with Crippen molar-refractivity contribution in [3.05, 3.63) is 59.7 Å². The van der Waals surface area contributed by atoms with Crippen molar-refractivity contribution in [3.8, 4) is 0 Å². The third kappa shape index (κ3) is 3.55. The summed E-state index contributed by atoms with van der Waals surface area (Å²) in [6.07, 6.45) is 8.30. The van der Waals surface area contributed by atoms with Gasteiger partial charge in [-0.25, -0.2) is 0 Å². The first-order valence-corrected chi connectivity index (χ1v) is 9.48. The van der Waals surface area contributed by atoms with E-state index in [2.05, 4.69) is 9.97 Å². The topological polar surface area (TPSA) is 55.3 Å². The Morgan fingerprint density at radius 2 is 2.24 bits per heavy atom. The summed E-state index contributed by atoms with van der Waals surface area (Å²) in [6, 6.07) is 5.87. The number of pyridine rings is 2. The minimum atomic E-state index is 0.0853. The molecule has 2 aliphatic rings. The van der Waals surface area contributed by atoms with Gasteiger partial charge in [0.2, 0.25) is 0 Å². The Balaban J connectivity index is 1.29. The summed E-state index contributed by atoms with van der Waals surface area (Å²) in [5, 5.41) is 0. The smallest absolute Gasteiger partial charge is 0.255 e. The van der Waals surface area contributed by atoms with Gasteiger partial charge >= 0.3 is 0 Å². The van der Waals surface area contributed by atoms with Crippen molar-refractivity contribution in [2.45, 2.75) is 30.8 Å². The first-order valence-electron chi connectivity index (χ1n) is 8.49. The number of nitrogens with zero attached hydrogens (tertiary/aromatic N) is 3. The SMILES string of the molecule is Cc1cncc(C(=O)N2CC3(C[C@H](OCc4cccnc4)CS3)C2)c1. The Hall–Kier alpha value is -1.92. The number of rotatable bonds is 4. The van der Waals surface area contributed by atoms with Gasteiger partial charge in [0.25, 0.3) is 5.91 Å². The second-order valence-electron chi connectivity index (χ2n) is 6.90. The lowest BCUT2D eigenvalue weighted by Crippen LogP contribution is -2.60. The normalized spacial score (nSPS) is 21.3. The van der Waals surface area contributed by atoms with Gasteiger partial charge in [0, 0.05) is 43.6 Å². The highest BCUT2D eigenvalue weighted by atomic mass is 32.2. The van der Waals surface area contributed by atoms with Gasteiger partial charge in [0.05, 0.1) is 23.0 Å². The van der Waals surface area contributed by atoms with E-state index in [1.54, 1.807) is 18.6 Å². The van der Waals surface area contributed by atoms with Crippen LogP contribution in [0.4, 0.5) is 0 Å². The lowest BCUT2D eigenvalue weighted by atomic mass is 9.92. The fourth-order valence-corrected chi connectivity index (χ4v) is 5.03. The predicted octanol–water partition coefficient (Wildman–Crippen LogP) is 2.70. The number of hydrogen-bond acceptors (Lipinski definition) is 5. The standard InChI is InChI=1S/C19H21N3O2S/c1-14-5-16(9-21-7-14)18(23)22-12-19(13-22)6-17(11-25-19)24-10-15-3-2-4-20-8-15/h2-5,7-9,17H,6,10-13H2,1H3/t17-/m0/s1. The second-order valence-corrected chi connectivity index (χ2v) is 8.39. The van der Waals surface area contributed by atoms with Gasteiger partial charge in [0.1, 0.15) is 0 Å². The molecule has 2 saturated heterocycles. The van der Waals surface area contributed by atoms with Crippen LogP contribution >= 0.6 is 11.8 Å². The number of likely N-dealkylation sites (tertiary alicyclic amines) is 1. The first-order chi connectivity index (χ1) is 12.1. The van der Waals surface area contributed by atoms with E-state index in [1.165, 1.54) is 0 Å². The molecule has 0 bridgehead atoms. The van der Waals surface area contributed by atoms with Gasteiger partial charge < -0.3 is 9.64 Å². The number of ether oxygens (including phenoxy) is 1. The van der Waals surface area contributed by atoms with Crippen LogP contribution in [0.25, 0.3) is 0 Å². The monoisotopic (exact) mass is 355 g/mol. The Morgan fingerprint density at radius 1 is 1.36 bits per heavy atom. The summed E-state index contributed by atoms with van der Waals surface area (Å²) in [7, 11) is 0.